The van der Waals surface area contributed by atoms with E-state index in [2.05, 4.69) is 25.9 Å². The molecular formula is C24H23FN6O2. The highest BCUT2D eigenvalue weighted by atomic mass is 19.1. The summed E-state index contributed by atoms with van der Waals surface area (Å²) in [6, 6.07) is 15.0. The molecule has 3 aromatic heterocycles. The van der Waals surface area contributed by atoms with Crippen LogP contribution in [-0.2, 0) is 11.3 Å². The molecule has 0 spiro atoms. The Bertz CT molecular complexity index is 1260. The topological polar surface area (TPSA) is 78.2 Å². The molecule has 1 aliphatic rings. The molecular weight excluding hydrogens is 423 g/mol. The summed E-state index contributed by atoms with van der Waals surface area (Å²) in [5.41, 5.74) is 3.22. The van der Waals surface area contributed by atoms with E-state index in [9.17, 15) is 4.39 Å². The smallest absolute Gasteiger partial charge is 0.320 e. The summed E-state index contributed by atoms with van der Waals surface area (Å²) in [7, 11) is 0. The molecule has 0 unspecified atom stereocenters. The first-order chi connectivity index (χ1) is 16.2. The van der Waals surface area contributed by atoms with Gasteiger partial charge in [0.25, 0.3) is 0 Å². The highest BCUT2D eigenvalue weighted by Gasteiger charge is 2.17. The molecule has 1 saturated heterocycles. The van der Waals surface area contributed by atoms with Gasteiger partial charge in [0.15, 0.2) is 5.82 Å². The van der Waals surface area contributed by atoms with Gasteiger partial charge in [0, 0.05) is 37.1 Å². The highest BCUT2D eigenvalue weighted by Crippen LogP contribution is 2.23. The molecule has 1 fully saturated rings. The van der Waals surface area contributed by atoms with Crippen LogP contribution in [0.2, 0.25) is 0 Å². The van der Waals surface area contributed by atoms with Crippen LogP contribution in [0.25, 0.3) is 17.1 Å². The summed E-state index contributed by atoms with van der Waals surface area (Å²) in [5.74, 6) is 0.825. The number of aryl methyl sites for hydroxylation is 1. The average molecular weight is 446 g/mol. The van der Waals surface area contributed by atoms with Crippen molar-refractivity contribution in [2.45, 2.75) is 13.5 Å². The van der Waals surface area contributed by atoms with Crippen LogP contribution in [0.5, 0.6) is 6.01 Å². The van der Waals surface area contributed by atoms with Crippen molar-refractivity contribution in [3.63, 3.8) is 0 Å². The Hall–Kier alpha value is -3.85. The molecule has 9 heteroatoms. The number of rotatable bonds is 6. The minimum absolute atomic E-state index is 0.0771. The molecule has 0 saturated carbocycles. The van der Waals surface area contributed by atoms with Crippen molar-refractivity contribution in [1.82, 2.24) is 24.7 Å². The van der Waals surface area contributed by atoms with Crippen molar-refractivity contribution in [1.29, 1.82) is 0 Å². The van der Waals surface area contributed by atoms with Gasteiger partial charge < -0.3 is 14.4 Å². The first-order valence-electron chi connectivity index (χ1n) is 10.7. The van der Waals surface area contributed by atoms with Crippen LogP contribution in [0.15, 0.2) is 60.9 Å². The Morgan fingerprint density at radius 2 is 1.88 bits per heavy atom. The summed E-state index contributed by atoms with van der Waals surface area (Å²) in [6.07, 6.45) is 3.38. The fraction of sp³-hybridized carbons (Fsp3) is 0.250. The first-order valence-corrected chi connectivity index (χ1v) is 10.7. The molecule has 0 aliphatic carbocycles. The molecule has 5 rings (SSSR count). The Balaban J connectivity index is 1.47. The van der Waals surface area contributed by atoms with Crippen LogP contribution in [0.3, 0.4) is 0 Å². The number of morpholine rings is 1. The quantitative estimate of drug-likeness (QED) is 0.448. The lowest BCUT2D eigenvalue weighted by molar-refractivity contribution is 0.122. The summed E-state index contributed by atoms with van der Waals surface area (Å²) in [5, 5.41) is 4.71. The van der Waals surface area contributed by atoms with Gasteiger partial charge in [-0.15, -0.1) is 0 Å². The SMILES string of the molecule is Cc1cccc(-c2ccn(-c3cc(N4CCOCC4)nc(OCc4ncccc4F)n3)n2)c1. The van der Waals surface area contributed by atoms with Gasteiger partial charge in [-0.05, 0) is 31.2 Å². The molecule has 1 aromatic carbocycles. The number of benzene rings is 1. The third-order valence-corrected chi connectivity index (χ3v) is 5.32. The second-order valence-corrected chi connectivity index (χ2v) is 7.70. The predicted octanol–water partition coefficient (Wildman–Crippen LogP) is 3.59. The van der Waals surface area contributed by atoms with Crippen molar-refractivity contribution in [2.24, 2.45) is 0 Å². The Morgan fingerprint density at radius 3 is 2.70 bits per heavy atom. The minimum Gasteiger partial charge on any atom is -0.457 e. The maximum absolute atomic E-state index is 14.0. The zero-order chi connectivity index (χ0) is 22.6. The molecule has 4 aromatic rings. The van der Waals surface area contributed by atoms with E-state index < -0.39 is 5.82 Å². The van der Waals surface area contributed by atoms with Gasteiger partial charge in [-0.3, -0.25) is 4.98 Å². The molecule has 8 nitrogen and oxygen atoms in total. The monoisotopic (exact) mass is 446 g/mol. The minimum atomic E-state index is -0.433. The molecule has 0 atom stereocenters. The van der Waals surface area contributed by atoms with E-state index in [0.29, 0.717) is 37.9 Å². The Morgan fingerprint density at radius 1 is 1.03 bits per heavy atom. The molecule has 0 amide bonds. The second-order valence-electron chi connectivity index (χ2n) is 7.70. The van der Waals surface area contributed by atoms with Crippen molar-refractivity contribution in [3.8, 4) is 23.1 Å². The lowest BCUT2D eigenvalue weighted by Gasteiger charge is -2.28. The lowest BCUT2D eigenvalue weighted by atomic mass is 10.1. The molecule has 0 radical (unpaired) electrons. The van der Waals surface area contributed by atoms with Crippen LogP contribution >= 0.6 is 0 Å². The van der Waals surface area contributed by atoms with E-state index in [4.69, 9.17) is 14.6 Å². The van der Waals surface area contributed by atoms with Crippen molar-refractivity contribution >= 4 is 5.82 Å². The van der Waals surface area contributed by atoms with Gasteiger partial charge in [0.1, 0.15) is 23.9 Å². The number of nitrogens with zero attached hydrogens (tertiary/aromatic N) is 6. The van der Waals surface area contributed by atoms with E-state index in [0.717, 1.165) is 16.8 Å². The molecule has 33 heavy (non-hydrogen) atoms. The fourth-order valence-corrected chi connectivity index (χ4v) is 3.60. The number of pyridine rings is 1. The van der Waals surface area contributed by atoms with Crippen molar-refractivity contribution in [2.75, 3.05) is 31.2 Å². The molecule has 1 aliphatic heterocycles. The van der Waals surface area contributed by atoms with Gasteiger partial charge >= 0.3 is 6.01 Å². The zero-order valence-electron chi connectivity index (χ0n) is 18.2. The summed E-state index contributed by atoms with van der Waals surface area (Å²) >= 11 is 0. The third-order valence-electron chi connectivity index (χ3n) is 5.32. The van der Waals surface area contributed by atoms with E-state index in [1.54, 1.807) is 4.68 Å². The number of aromatic nitrogens is 5. The van der Waals surface area contributed by atoms with Gasteiger partial charge in [0.2, 0.25) is 0 Å². The van der Waals surface area contributed by atoms with E-state index >= 15 is 0 Å². The lowest BCUT2D eigenvalue weighted by Crippen LogP contribution is -2.37. The van der Waals surface area contributed by atoms with Crippen LogP contribution in [0, 0.1) is 12.7 Å². The van der Waals surface area contributed by atoms with Crippen molar-refractivity contribution in [3.05, 3.63) is 78.0 Å². The highest BCUT2D eigenvalue weighted by molar-refractivity contribution is 5.60. The maximum Gasteiger partial charge on any atom is 0.320 e. The van der Waals surface area contributed by atoms with Crippen LogP contribution in [-0.4, -0.2) is 51.0 Å². The number of hydrogen-bond acceptors (Lipinski definition) is 7. The predicted molar refractivity (Wildman–Crippen MR) is 121 cm³/mol. The number of anilines is 1. The van der Waals surface area contributed by atoms with Crippen LogP contribution in [0.1, 0.15) is 11.3 Å². The van der Waals surface area contributed by atoms with Gasteiger partial charge in [-0.25, -0.2) is 9.07 Å². The molecule has 0 bridgehead atoms. The van der Waals surface area contributed by atoms with E-state index in [-0.39, 0.29) is 18.3 Å². The van der Waals surface area contributed by atoms with E-state index in [1.807, 2.05) is 43.5 Å². The summed E-state index contributed by atoms with van der Waals surface area (Å²) in [6.45, 7) is 4.62. The second kappa shape index (κ2) is 9.33. The number of halogens is 1. The average Bonchev–Trinajstić information content (AvgIpc) is 3.35. The van der Waals surface area contributed by atoms with Gasteiger partial charge in [0.05, 0.1) is 18.9 Å². The summed E-state index contributed by atoms with van der Waals surface area (Å²) < 4.78 is 26.9. The van der Waals surface area contributed by atoms with E-state index in [1.165, 1.54) is 18.3 Å². The largest absolute Gasteiger partial charge is 0.457 e. The number of ether oxygens (including phenoxy) is 2. The van der Waals surface area contributed by atoms with Gasteiger partial charge in [-0.2, -0.15) is 15.1 Å². The Kier molecular flexibility index (Phi) is 5.95. The number of hydrogen-bond donors (Lipinski definition) is 0. The summed E-state index contributed by atoms with van der Waals surface area (Å²) in [4.78, 5) is 15.2. The molecule has 4 heterocycles. The van der Waals surface area contributed by atoms with Crippen LogP contribution < -0.4 is 9.64 Å². The maximum atomic E-state index is 14.0. The zero-order valence-corrected chi connectivity index (χ0v) is 18.2. The first kappa shape index (κ1) is 21.0. The van der Waals surface area contributed by atoms with Crippen LogP contribution in [0.4, 0.5) is 10.2 Å². The van der Waals surface area contributed by atoms with Crippen molar-refractivity contribution < 1.29 is 13.9 Å². The molecule has 0 N–H and O–H groups in total. The van der Waals surface area contributed by atoms with Gasteiger partial charge in [-0.1, -0.05) is 23.8 Å². The molecule has 168 valence electrons. The Labute approximate surface area is 190 Å². The standard InChI is InChI=1S/C24H23FN6O2/c1-17-4-2-5-18(14-17)20-7-9-31(29-20)23-15-22(30-10-12-32-13-11-30)27-24(28-23)33-16-21-19(25)6-3-8-26-21/h2-9,14-15H,10-13,16H2,1H3. The fourth-order valence-electron chi connectivity index (χ4n) is 3.60. The third kappa shape index (κ3) is 4.83. The normalized spacial score (nSPS) is 13.8.